The number of carbonyl (C=O) groups excluding carboxylic acids is 1. The van der Waals surface area contributed by atoms with Crippen LogP contribution >= 0.6 is 0 Å². The molecule has 0 spiro atoms. The number of esters is 1. The molecule has 1 aromatic carbocycles. The summed E-state index contributed by atoms with van der Waals surface area (Å²) in [4.78, 5) is 11.1. The first-order chi connectivity index (χ1) is 6.81. The van der Waals surface area contributed by atoms with Gasteiger partial charge in [0, 0.05) is 11.6 Å². The normalized spacial score (nSPS) is 20.5. The minimum atomic E-state index is -0.226. The van der Waals surface area contributed by atoms with Gasteiger partial charge in [-0.05, 0) is 12.0 Å². The van der Waals surface area contributed by atoms with Crippen LogP contribution in [-0.4, -0.2) is 12.1 Å². The zero-order valence-electron chi connectivity index (χ0n) is 8.07. The van der Waals surface area contributed by atoms with Crippen molar-refractivity contribution >= 4 is 11.5 Å². The third-order valence-corrected chi connectivity index (χ3v) is 2.36. The third kappa shape index (κ3) is 1.55. The molecule has 0 saturated heterocycles. The lowest BCUT2D eigenvalue weighted by Crippen LogP contribution is -2.09. The topological polar surface area (TPSA) is 26.3 Å². The van der Waals surface area contributed by atoms with Crippen LogP contribution in [-0.2, 0) is 9.53 Å². The molecule has 0 N–H and O–H groups in total. The van der Waals surface area contributed by atoms with Gasteiger partial charge in [-0.1, -0.05) is 37.3 Å². The third-order valence-electron chi connectivity index (χ3n) is 2.36. The zero-order chi connectivity index (χ0) is 9.97. The van der Waals surface area contributed by atoms with E-state index in [-0.39, 0.29) is 12.1 Å². The van der Waals surface area contributed by atoms with Gasteiger partial charge in [-0.3, -0.25) is 0 Å². The molecular formula is C12H12O2. The summed E-state index contributed by atoms with van der Waals surface area (Å²) in [5.41, 5.74) is 2.07. The van der Waals surface area contributed by atoms with E-state index in [1.807, 2.05) is 37.3 Å². The van der Waals surface area contributed by atoms with Crippen molar-refractivity contribution in [1.82, 2.24) is 0 Å². The fourth-order valence-electron chi connectivity index (χ4n) is 1.66. The molecule has 1 aromatic rings. The average molecular weight is 188 g/mol. The van der Waals surface area contributed by atoms with Gasteiger partial charge in [0.05, 0.1) is 0 Å². The lowest BCUT2D eigenvalue weighted by atomic mass is 10.0. The highest BCUT2D eigenvalue weighted by molar-refractivity contribution is 5.97. The van der Waals surface area contributed by atoms with E-state index in [0.717, 1.165) is 17.6 Å². The number of hydrogen-bond donors (Lipinski definition) is 0. The number of carbonyl (C=O) groups is 1. The van der Waals surface area contributed by atoms with E-state index in [2.05, 4.69) is 0 Å². The van der Waals surface area contributed by atoms with Gasteiger partial charge in [-0.25, -0.2) is 4.79 Å². The number of benzene rings is 1. The van der Waals surface area contributed by atoms with E-state index in [9.17, 15) is 4.79 Å². The van der Waals surface area contributed by atoms with Crippen LogP contribution in [0.2, 0.25) is 0 Å². The first kappa shape index (κ1) is 9.00. The molecule has 1 heterocycles. The lowest BCUT2D eigenvalue weighted by Gasteiger charge is -2.11. The van der Waals surface area contributed by atoms with E-state index in [4.69, 9.17) is 4.74 Å². The first-order valence-corrected chi connectivity index (χ1v) is 4.79. The minimum Gasteiger partial charge on any atom is -0.454 e. The molecule has 0 aromatic heterocycles. The van der Waals surface area contributed by atoms with Gasteiger partial charge in [0.25, 0.3) is 0 Å². The largest absolute Gasteiger partial charge is 0.454 e. The zero-order valence-corrected chi connectivity index (χ0v) is 8.07. The number of ether oxygens (including phenoxy) is 1. The molecule has 0 radical (unpaired) electrons. The molecule has 0 saturated carbocycles. The Morgan fingerprint density at radius 1 is 1.29 bits per heavy atom. The predicted octanol–water partition coefficient (Wildman–Crippen LogP) is 2.41. The van der Waals surface area contributed by atoms with Gasteiger partial charge in [-0.2, -0.15) is 0 Å². The molecule has 2 nitrogen and oxygen atoms in total. The molecule has 2 heteroatoms. The van der Waals surface area contributed by atoms with Crippen molar-refractivity contribution in [3.8, 4) is 0 Å². The van der Waals surface area contributed by atoms with E-state index < -0.39 is 0 Å². The molecule has 1 aliphatic heterocycles. The standard InChI is InChI=1S/C12H12O2/c1-2-11-10(8-12(13)14-11)9-6-4-3-5-7-9/h3-8,11H,2H2,1H3/t11-/m0/s1. The van der Waals surface area contributed by atoms with Crippen LogP contribution in [0.3, 0.4) is 0 Å². The van der Waals surface area contributed by atoms with E-state index in [1.54, 1.807) is 6.08 Å². The second-order valence-electron chi connectivity index (χ2n) is 3.30. The quantitative estimate of drug-likeness (QED) is 0.666. The summed E-state index contributed by atoms with van der Waals surface area (Å²) in [7, 11) is 0. The average Bonchev–Trinajstić information content (AvgIpc) is 2.61. The van der Waals surface area contributed by atoms with Crippen LogP contribution < -0.4 is 0 Å². The van der Waals surface area contributed by atoms with Gasteiger partial charge in [0.1, 0.15) is 6.10 Å². The molecule has 14 heavy (non-hydrogen) atoms. The van der Waals surface area contributed by atoms with E-state index in [0.29, 0.717) is 0 Å². The maximum absolute atomic E-state index is 11.1. The van der Waals surface area contributed by atoms with Crippen molar-refractivity contribution in [3.63, 3.8) is 0 Å². The molecule has 72 valence electrons. The number of hydrogen-bond acceptors (Lipinski definition) is 2. The molecule has 0 bridgehead atoms. The van der Waals surface area contributed by atoms with Gasteiger partial charge in [-0.15, -0.1) is 0 Å². The minimum absolute atomic E-state index is 0.0649. The maximum Gasteiger partial charge on any atom is 0.331 e. The van der Waals surface area contributed by atoms with Crippen LogP contribution in [0.4, 0.5) is 0 Å². The van der Waals surface area contributed by atoms with Crippen LogP contribution in [0.15, 0.2) is 36.4 Å². The summed E-state index contributed by atoms with van der Waals surface area (Å²) in [5, 5.41) is 0. The molecular weight excluding hydrogens is 176 g/mol. The maximum atomic E-state index is 11.1. The van der Waals surface area contributed by atoms with Gasteiger partial charge in [0.2, 0.25) is 0 Å². The fraction of sp³-hybridized carbons (Fsp3) is 0.250. The summed E-state index contributed by atoms with van der Waals surface area (Å²) >= 11 is 0. The van der Waals surface area contributed by atoms with Crippen LogP contribution in [0, 0.1) is 0 Å². The lowest BCUT2D eigenvalue weighted by molar-refractivity contribution is -0.138. The van der Waals surface area contributed by atoms with E-state index >= 15 is 0 Å². The van der Waals surface area contributed by atoms with Crippen LogP contribution in [0.25, 0.3) is 5.57 Å². The Balaban J connectivity index is 2.34. The SMILES string of the molecule is CC[C@@H]1OC(=O)C=C1c1ccccc1. The highest BCUT2D eigenvalue weighted by Gasteiger charge is 2.25. The molecule has 0 unspecified atom stereocenters. The Hall–Kier alpha value is -1.57. The summed E-state index contributed by atoms with van der Waals surface area (Å²) < 4.78 is 5.15. The smallest absolute Gasteiger partial charge is 0.331 e. The summed E-state index contributed by atoms with van der Waals surface area (Å²) in [6.07, 6.45) is 2.35. The van der Waals surface area contributed by atoms with Crippen LogP contribution in [0.1, 0.15) is 18.9 Å². The fourth-order valence-corrected chi connectivity index (χ4v) is 1.66. The Morgan fingerprint density at radius 3 is 2.64 bits per heavy atom. The molecule has 2 rings (SSSR count). The van der Waals surface area contributed by atoms with E-state index in [1.165, 1.54) is 0 Å². The first-order valence-electron chi connectivity index (χ1n) is 4.79. The Labute approximate surface area is 83.2 Å². The predicted molar refractivity (Wildman–Crippen MR) is 54.6 cm³/mol. The van der Waals surface area contributed by atoms with Crippen molar-refractivity contribution in [2.24, 2.45) is 0 Å². The van der Waals surface area contributed by atoms with Crippen molar-refractivity contribution in [1.29, 1.82) is 0 Å². The summed E-state index contributed by atoms with van der Waals surface area (Å²) in [6.45, 7) is 2.01. The highest BCUT2D eigenvalue weighted by atomic mass is 16.5. The Kier molecular flexibility index (Phi) is 2.35. The Morgan fingerprint density at radius 2 is 2.00 bits per heavy atom. The molecule has 0 aliphatic carbocycles. The van der Waals surface area contributed by atoms with Crippen molar-refractivity contribution in [3.05, 3.63) is 42.0 Å². The molecule has 0 amide bonds. The van der Waals surface area contributed by atoms with Gasteiger partial charge >= 0.3 is 5.97 Å². The van der Waals surface area contributed by atoms with Crippen molar-refractivity contribution in [2.45, 2.75) is 19.4 Å². The molecule has 1 atom stereocenters. The second kappa shape index (κ2) is 3.66. The van der Waals surface area contributed by atoms with Gasteiger partial charge < -0.3 is 4.74 Å². The summed E-state index contributed by atoms with van der Waals surface area (Å²) in [6, 6.07) is 9.88. The Bertz CT molecular complexity index is 365. The van der Waals surface area contributed by atoms with Crippen molar-refractivity contribution in [2.75, 3.05) is 0 Å². The monoisotopic (exact) mass is 188 g/mol. The number of rotatable bonds is 2. The van der Waals surface area contributed by atoms with Crippen LogP contribution in [0.5, 0.6) is 0 Å². The molecule has 0 fully saturated rings. The highest BCUT2D eigenvalue weighted by Crippen LogP contribution is 2.27. The number of cyclic esters (lactones) is 1. The second-order valence-corrected chi connectivity index (χ2v) is 3.30. The van der Waals surface area contributed by atoms with Gasteiger partial charge in [0.15, 0.2) is 0 Å². The summed E-state index contributed by atoms with van der Waals surface area (Å²) in [5.74, 6) is -0.226. The van der Waals surface area contributed by atoms with Crippen molar-refractivity contribution < 1.29 is 9.53 Å². The molecule has 1 aliphatic rings.